The van der Waals surface area contributed by atoms with Crippen molar-refractivity contribution in [1.82, 2.24) is 9.78 Å². The molecule has 35 heavy (non-hydrogen) atoms. The molecule has 0 radical (unpaired) electrons. The van der Waals surface area contributed by atoms with Gasteiger partial charge in [0.05, 0.1) is 26.5 Å². The third-order valence-corrected chi connectivity index (χ3v) is 5.92. The number of halogens is 3. The summed E-state index contributed by atoms with van der Waals surface area (Å²) in [5, 5.41) is 9.64. The van der Waals surface area contributed by atoms with E-state index < -0.39 is 24.2 Å². The molecule has 1 aromatic heterocycles. The van der Waals surface area contributed by atoms with Gasteiger partial charge < -0.3 is 29.6 Å². The van der Waals surface area contributed by atoms with Gasteiger partial charge in [0, 0.05) is 18.2 Å². The molecular weight excluding hydrogens is 469 g/mol. The Labute approximate surface area is 197 Å². The van der Waals surface area contributed by atoms with E-state index in [2.05, 4.69) is 15.7 Å². The molecule has 2 N–H and O–H groups in total. The number of alkyl halides is 3. The van der Waals surface area contributed by atoms with Crippen molar-refractivity contribution >= 4 is 17.4 Å². The number of rotatable bonds is 5. The lowest BCUT2D eigenvalue weighted by Crippen LogP contribution is -2.36. The number of carbonyl (C=O) groups is 1. The zero-order valence-corrected chi connectivity index (χ0v) is 18.7. The SMILES string of the molecule is COc1ccc([C@H]2C[C@H](C(F)(F)F)n3ncc(C(=O)Nc4ccc5c(c4)OCO5)c3N2)cc1OC. The minimum absolute atomic E-state index is 0.0258. The number of ether oxygens (including phenoxy) is 4. The fraction of sp³-hybridized carbons (Fsp3) is 0.304. The number of nitrogens with one attached hydrogen (secondary N) is 2. The van der Waals surface area contributed by atoms with E-state index in [1.54, 1.807) is 36.4 Å². The van der Waals surface area contributed by atoms with Crippen LogP contribution < -0.4 is 29.6 Å². The van der Waals surface area contributed by atoms with Crippen molar-refractivity contribution in [2.75, 3.05) is 31.6 Å². The Kier molecular flexibility index (Phi) is 5.58. The number of amides is 1. The molecule has 0 saturated heterocycles. The second-order valence-electron chi connectivity index (χ2n) is 7.98. The van der Waals surface area contributed by atoms with Crippen molar-refractivity contribution in [2.45, 2.75) is 24.7 Å². The normalized spacial score (nSPS) is 18.4. The Morgan fingerprint density at radius 1 is 1.11 bits per heavy atom. The van der Waals surface area contributed by atoms with E-state index in [-0.39, 0.29) is 24.6 Å². The number of hydrogen-bond acceptors (Lipinski definition) is 7. The van der Waals surface area contributed by atoms with Gasteiger partial charge in [0.2, 0.25) is 6.79 Å². The zero-order valence-electron chi connectivity index (χ0n) is 18.7. The molecule has 0 aliphatic carbocycles. The molecule has 2 aliphatic heterocycles. The van der Waals surface area contributed by atoms with Gasteiger partial charge in [0.1, 0.15) is 11.4 Å². The monoisotopic (exact) mass is 490 g/mol. The summed E-state index contributed by atoms with van der Waals surface area (Å²) in [6, 6.07) is 7.03. The molecule has 3 heterocycles. The largest absolute Gasteiger partial charge is 0.493 e. The number of anilines is 2. The summed E-state index contributed by atoms with van der Waals surface area (Å²) in [5.41, 5.74) is 0.924. The van der Waals surface area contributed by atoms with Crippen molar-refractivity contribution in [3.8, 4) is 23.0 Å². The summed E-state index contributed by atoms with van der Waals surface area (Å²) in [6.07, 6.45) is -3.78. The van der Waals surface area contributed by atoms with Crippen LogP contribution in [0.25, 0.3) is 0 Å². The van der Waals surface area contributed by atoms with Gasteiger partial charge >= 0.3 is 6.18 Å². The van der Waals surface area contributed by atoms with Crippen LogP contribution in [0.15, 0.2) is 42.6 Å². The van der Waals surface area contributed by atoms with Crippen molar-refractivity contribution in [3.63, 3.8) is 0 Å². The average molecular weight is 490 g/mol. The van der Waals surface area contributed by atoms with Gasteiger partial charge in [0.25, 0.3) is 5.91 Å². The third-order valence-electron chi connectivity index (χ3n) is 5.92. The fourth-order valence-corrected chi connectivity index (χ4v) is 4.19. The molecule has 2 atom stereocenters. The maximum Gasteiger partial charge on any atom is 0.410 e. The van der Waals surface area contributed by atoms with E-state index in [0.717, 1.165) is 10.9 Å². The molecule has 2 aliphatic rings. The second kappa shape index (κ2) is 8.60. The predicted octanol–water partition coefficient (Wildman–Crippen LogP) is 4.54. The molecule has 0 spiro atoms. The zero-order chi connectivity index (χ0) is 24.7. The summed E-state index contributed by atoms with van der Waals surface area (Å²) in [5.74, 6) is 1.19. The summed E-state index contributed by atoms with van der Waals surface area (Å²) < 4.78 is 63.9. The number of hydrogen-bond donors (Lipinski definition) is 2. The highest BCUT2D eigenvalue weighted by Gasteiger charge is 2.47. The first-order chi connectivity index (χ1) is 16.8. The summed E-state index contributed by atoms with van der Waals surface area (Å²) in [6.45, 7) is 0.0734. The third kappa shape index (κ3) is 4.15. The van der Waals surface area contributed by atoms with Gasteiger partial charge in [-0.2, -0.15) is 18.3 Å². The van der Waals surface area contributed by atoms with Crippen LogP contribution in [0.5, 0.6) is 23.0 Å². The Morgan fingerprint density at radius 2 is 1.89 bits per heavy atom. The fourth-order valence-electron chi connectivity index (χ4n) is 4.19. The molecule has 5 rings (SSSR count). The van der Waals surface area contributed by atoms with E-state index in [4.69, 9.17) is 18.9 Å². The molecule has 1 amide bonds. The summed E-state index contributed by atoms with van der Waals surface area (Å²) in [4.78, 5) is 13.0. The Hall–Kier alpha value is -4.09. The highest BCUT2D eigenvalue weighted by molar-refractivity contribution is 6.07. The highest BCUT2D eigenvalue weighted by atomic mass is 19.4. The van der Waals surface area contributed by atoms with E-state index in [1.165, 1.54) is 14.2 Å². The van der Waals surface area contributed by atoms with Crippen LogP contribution in [-0.4, -0.2) is 42.9 Å². The second-order valence-corrected chi connectivity index (χ2v) is 7.98. The number of nitrogens with zero attached hydrogens (tertiary/aromatic N) is 2. The van der Waals surface area contributed by atoms with Crippen molar-refractivity contribution < 1.29 is 36.9 Å². The topological polar surface area (TPSA) is 95.9 Å². The summed E-state index contributed by atoms with van der Waals surface area (Å²) in [7, 11) is 2.92. The first-order valence-electron chi connectivity index (χ1n) is 10.6. The van der Waals surface area contributed by atoms with E-state index in [1.807, 2.05) is 0 Å². The van der Waals surface area contributed by atoms with Gasteiger partial charge in [-0.25, -0.2) is 4.68 Å². The Bertz CT molecular complexity index is 1280. The van der Waals surface area contributed by atoms with Crippen molar-refractivity contribution in [3.05, 3.63) is 53.7 Å². The lowest BCUT2D eigenvalue weighted by Gasteiger charge is -2.34. The lowest BCUT2D eigenvalue weighted by atomic mass is 9.96. The number of aromatic nitrogens is 2. The molecule has 2 aromatic carbocycles. The Balaban J connectivity index is 1.47. The number of carbonyl (C=O) groups excluding carboxylic acids is 1. The maximum atomic E-state index is 14.0. The highest BCUT2D eigenvalue weighted by Crippen LogP contribution is 2.45. The Morgan fingerprint density at radius 3 is 2.63 bits per heavy atom. The standard InChI is InChI=1S/C23H21F3N4O5/c1-32-16-5-3-12(7-18(16)33-2)15-9-20(23(24,25)26)30-21(29-15)14(10-27-30)22(31)28-13-4-6-17-19(8-13)35-11-34-17/h3-8,10,15,20,29H,9,11H2,1-2H3,(H,28,31)/t15-,20-/m1/s1. The van der Waals surface area contributed by atoms with Crippen LogP contribution in [0.3, 0.4) is 0 Å². The van der Waals surface area contributed by atoms with Crippen molar-refractivity contribution in [1.29, 1.82) is 0 Å². The van der Waals surface area contributed by atoms with Crippen LogP contribution in [0.1, 0.15) is 34.4 Å². The molecular formula is C23H21F3N4O5. The minimum atomic E-state index is -4.58. The number of fused-ring (bicyclic) bond motifs is 2. The van der Waals surface area contributed by atoms with Gasteiger partial charge in [0.15, 0.2) is 29.0 Å². The van der Waals surface area contributed by atoms with Crippen molar-refractivity contribution in [2.24, 2.45) is 0 Å². The molecule has 0 unspecified atom stereocenters. The molecule has 9 nitrogen and oxygen atoms in total. The molecule has 0 saturated carbocycles. The molecule has 0 fully saturated rings. The minimum Gasteiger partial charge on any atom is -0.493 e. The van der Waals surface area contributed by atoms with Crippen LogP contribution in [0.2, 0.25) is 0 Å². The lowest BCUT2D eigenvalue weighted by molar-refractivity contribution is -0.173. The van der Waals surface area contributed by atoms with Gasteiger partial charge in [-0.3, -0.25) is 4.79 Å². The van der Waals surface area contributed by atoms with Crippen LogP contribution in [0.4, 0.5) is 24.7 Å². The summed E-state index contributed by atoms with van der Waals surface area (Å²) >= 11 is 0. The van der Waals surface area contributed by atoms with Crippen LogP contribution in [0, 0.1) is 0 Å². The number of methoxy groups -OCH3 is 2. The molecule has 184 valence electrons. The first-order valence-corrected chi connectivity index (χ1v) is 10.6. The molecule has 0 bridgehead atoms. The molecule has 3 aromatic rings. The van der Waals surface area contributed by atoms with Gasteiger partial charge in [-0.15, -0.1) is 0 Å². The van der Waals surface area contributed by atoms with E-state index in [9.17, 15) is 18.0 Å². The van der Waals surface area contributed by atoms with Crippen LogP contribution in [-0.2, 0) is 0 Å². The van der Waals surface area contributed by atoms with E-state index in [0.29, 0.717) is 34.2 Å². The van der Waals surface area contributed by atoms with Gasteiger partial charge in [-0.1, -0.05) is 6.07 Å². The maximum absolute atomic E-state index is 14.0. The predicted molar refractivity (Wildman–Crippen MR) is 118 cm³/mol. The quantitative estimate of drug-likeness (QED) is 0.542. The molecule has 12 heteroatoms. The number of benzene rings is 2. The van der Waals surface area contributed by atoms with Gasteiger partial charge in [-0.05, 0) is 29.8 Å². The smallest absolute Gasteiger partial charge is 0.410 e. The first kappa shape index (κ1) is 22.7. The van der Waals surface area contributed by atoms with Crippen LogP contribution >= 0.6 is 0 Å². The van der Waals surface area contributed by atoms with E-state index >= 15 is 0 Å². The average Bonchev–Trinajstić information content (AvgIpc) is 3.48.